The number of hydrazine groups is 1. The molecule has 126 valence electrons. The van der Waals surface area contributed by atoms with Crippen molar-refractivity contribution in [1.82, 2.24) is 10.3 Å². The number of anilines is 1. The van der Waals surface area contributed by atoms with Crippen LogP contribution in [0.2, 0.25) is 0 Å². The fraction of sp³-hybridized carbons (Fsp3) is 0.533. The monoisotopic (exact) mass is 322 g/mol. The number of ether oxygens (including phenoxy) is 1. The molecule has 1 aromatic carbocycles. The van der Waals surface area contributed by atoms with E-state index in [1.807, 2.05) is 25.8 Å². The molecule has 1 aliphatic heterocycles. The molecule has 0 unspecified atom stereocenters. The lowest BCUT2D eigenvalue weighted by molar-refractivity contribution is -0.384. The van der Waals surface area contributed by atoms with Crippen LogP contribution in [-0.2, 0) is 4.74 Å². The van der Waals surface area contributed by atoms with Crippen molar-refractivity contribution in [1.29, 1.82) is 0 Å². The summed E-state index contributed by atoms with van der Waals surface area (Å²) in [6.07, 6.45) is -0.329. The summed E-state index contributed by atoms with van der Waals surface area (Å²) in [7, 11) is 0. The van der Waals surface area contributed by atoms with Crippen LogP contribution in [0.15, 0.2) is 24.3 Å². The zero-order chi connectivity index (χ0) is 17.0. The van der Waals surface area contributed by atoms with Crippen LogP contribution in [0, 0.1) is 10.1 Å². The van der Waals surface area contributed by atoms with Crippen molar-refractivity contribution in [2.45, 2.75) is 26.4 Å². The molecule has 0 aromatic heterocycles. The van der Waals surface area contributed by atoms with E-state index in [0.29, 0.717) is 26.2 Å². The number of nitrogens with one attached hydrogen (secondary N) is 1. The zero-order valence-corrected chi connectivity index (χ0v) is 13.6. The lowest BCUT2D eigenvalue weighted by Gasteiger charge is -2.26. The maximum absolute atomic E-state index is 12.1. The predicted octanol–water partition coefficient (Wildman–Crippen LogP) is 2.16. The minimum Gasteiger partial charge on any atom is -0.444 e. The van der Waals surface area contributed by atoms with Crippen molar-refractivity contribution in [3.8, 4) is 0 Å². The summed E-state index contributed by atoms with van der Waals surface area (Å²) in [4.78, 5) is 24.0. The molecule has 1 heterocycles. The Morgan fingerprint density at radius 2 is 1.87 bits per heavy atom. The Morgan fingerprint density at radius 1 is 1.22 bits per heavy atom. The third-order valence-corrected chi connectivity index (χ3v) is 3.30. The van der Waals surface area contributed by atoms with Crippen LogP contribution >= 0.6 is 0 Å². The molecule has 0 saturated carbocycles. The van der Waals surface area contributed by atoms with E-state index in [0.717, 1.165) is 5.69 Å². The Kier molecular flexibility index (Phi) is 5.05. The molecule has 0 atom stereocenters. The van der Waals surface area contributed by atoms with E-state index >= 15 is 0 Å². The standard InChI is InChI=1S/C15H22N4O4/c1-15(2,3)23-14(20)17-9-8-16-18(11-10-17)12-4-6-13(7-5-12)19(21)22/h4-7,16H,8-11H2,1-3H3. The van der Waals surface area contributed by atoms with E-state index in [1.165, 1.54) is 12.1 Å². The van der Waals surface area contributed by atoms with Gasteiger partial charge in [0.2, 0.25) is 0 Å². The normalized spacial score (nSPS) is 16.0. The molecule has 0 aliphatic carbocycles. The predicted molar refractivity (Wildman–Crippen MR) is 86.3 cm³/mol. The maximum Gasteiger partial charge on any atom is 0.410 e. The Morgan fingerprint density at radius 3 is 2.43 bits per heavy atom. The fourth-order valence-electron chi connectivity index (χ4n) is 2.22. The molecule has 8 heteroatoms. The molecule has 0 bridgehead atoms. The molecule has 1 aromatic rings. The number of hydrogen-bond donors (Lipinski definition) is 1. The first-order valence-electron chi connectivity index (χ1n) is 7.50. The average Bonchev–Trinajstić information content (AvgIpc) is 2.71. The van der Waals surface area contributed by atoms with Gasteiger partial charge in [0, 0.05) is 31.8 Å². The fourth-order valence-corrected chi connectivity index (χ4v) is 2.22. The van der Waals surface area contributed by atoms with Crippen molar-refractivity contribution in [2.24, 2.45) is 0 Å². The van der Waals surface area contributed by atoms with Crippen LogP contribution in [0.25, 0.3) is 0 Å². The van der Waals surface area contributed by atoms with Gasteiger partial charge in [0.15, 0.2) is 0 Å². The van der Waals surface area contributed by atoms with Crippen molar-refractivity contribution < 1.29 is 14.5 Å². The minimum atomic E-state index is -0.519. The molecule has 2 rings (SSSR count). The summed E-state index contributed by atoms with van der Waals surface area (Å²) in [6, 6.07) is 6.31. The second-order valence-corrected chi connectivity index (χ2v) is 6.30. The molecule has 1 fully saturated rings. The number of benzene rings is 1. The number of rotatable bonds is 2. The highest BCUT2D eigenvalue weighted by Gasteiger charge is 2.24. The van der Waals surface area contributed by atoms with Crippen molar-refractivity contribution in [2.75, 3.05) is 31.2 Å². The lowest BCUT2D eigenvalue weighted by Crippen LogP contribution is -2.39. The number of carbonyl (C=O) groups excluding carboxylic acids is 1. The van der Waals surface area contributed by atoms with Gasteiger partial charge in [-0.25, -0.2) is 10.2 Å². The first-order chi connectivity index (χ1) is 10.8. The van der Waals surface area contributed by atoms with Gasteiger partial charge in [-0.3, -0.25) is 10.1 Å². The van der Waals surface area contributed by atoms with Gasteiger partial charge in [0.05, 0.1) is 17.2 Å². The average molecular weight is 322 g/mol. The maximum atomic E-state index is 12.1. The number of nitrogens with zero attached hydrogens (tertiary/aromatic N) is 3. The van der Waals surface area contributed by atoms with Gasteiger partial charge in [-0.05, 0) is 32.9 Å². The smallest absolute Gasteiger partial charge is 0.410 e. The highest BCUT2D eigenvalue weighted by atomic mass is 16.6. The van der Waals surface area contributed by atoms with Crippen LogP contribution in [-0.4, -0.2) is 47.7 Å². The molecular weight excluding hydrogens is 300 g/mol. The second kappa shape index (κ2) is 6.82. The number of carbonyl (C=O) groups is 1. The van der Waals surface area contributed by atoms with Gasteiger partial charge in [0.25, 0.3) is 5.69 Å². The van der Waals surface area contributed by atoms with E-state index in [4.69, 9.17) is 4.74 Å². The van der Waals surface area contributed by atoms with Gasteiger partial charge >= 0.3 is 6.09 Å². The molecule has 1 saturated heterocycles. The molecule has 1 N–H and O–H groups in total. The van der Waals surface area contributed by atoms with E-state index < -0.39 is 10.5 Å². The summed E-state index contributed by atoms with van der Waals surface area (Å²) in [5, 5.41) is 12.6. The molecule has 0 radical (unpaired) electrons. The Hall–Kier alpha value is -2.35. The summed E-state index contributed by atoms with van der Waals surface area (Å²) in [5.74, 6) is 0. The Bertz CT molecular complexity index is 568. The van der Waals surface area contributed by atoms with Crippen LogP contribution in [0.4, 0.5) is 16.2 Å². The zero-order valence-electron chi connectivity index (χ0n) is 13.6. The number of nitro groups is 1. The Labute approximate surface area is 135 Å². The third kappa shape index (κ3) is 4.82. The van der Waals surface area contributed by atoms with Crippen molar-refractivity contribution in [3.63, 3.8) is 0 Å². The van der Waals surface area contributed by atoms with Gasteiger partial charge < -0.3 is 14.6 Å². The van der Waals surface area contributed by atoms with Crippen molar-refractivity contribution in [3.05, 3.63) is 34.4 Å². The first-order valence-corrected chi connectivity index (χ1v) is 7.50. The Balaban J connectivity index is 1.98. The largest absolute Gasteiger partial charge is 0.444 e. The SMILES string of the molecule is CC(C)(C)OC(=O)N1CCNN(c2ccc([N+](=O)[O-])cc2)CC1. The number of nitro benzene ring substituents is 1. The van der Waals surface area contributed by atoms with Gasteiger partial charge in [0.1, 0.15) is 5.60 Å². The number of non-ortho nitro benzene ring substituents is 1. The molecule has 0 spiro atoms. The van der Waals surface area contributed by atoms with E-state index in [9.17, 15) is 14.9 Å². The number of amides is 1. The summed E-state index contributed by atoms with van der Waals surface area (Å²) in [5.41, 5.74) is 3.56. The van der Waals surface area contributed by atoms with Crippen LogP contribution in [0.3, 0.4) is 0 Å². The molecule has 8 nitrogen and oxygen atoms in total. The lowest BCUT2D eigenvalue weighted by atomic mass is 10.2. The van der Waals surface area contributed by atoms with Crippen LogP contribution in [0.1, 0.15) is 20.8 Å². The molecule has 1 aliphatic rings. The topological polar surface area (TPSA) is 88.0 Å². The minimum absolute atomic E-state index is 0.0546. The van der Waals surface area contributed by atoms with Gasteiger partial charge in [-0.2, -0.15) is 0 Å². The van der Waals surface area contributed by atoms with Crippen molar-refractivity contribution >= 4 is 17.5 Å². The van der Waals surface area contributed by atoms with E-state index in [2.05, 4.69) is 5.43 Å². The summed E-state index contributed by atoms with van der Waals surface area (Å²) < 4.78 is 5.38. The van der Waals surface area contributed by atoms with Crippen LogP contribution < -0.4 is 10.4 Å². The number of hydrogen-bond acceptors (Lipinski definition) is 6. The van der Waals surface area contributed by atoms with E-state index in [1.54, 1.807) is 17.0 Å². The molecule has 1 amide bonds. The highest BCUT2D eigenvalue weighted by Crippen LogP contribution is 2.19. The highest BCUT2D eigenvalue weighted by molar-refractivity contribution is 5.68. The molecule has 23 heavy (non-hydrogen) atoms. The molecular formula is C15H22N4O4. The van der Waals surface area contributed by atoms with Gasteiger partial charge in [-0.15, -0.1) is 0 Å². The first kappa shape index (κ1) is 17.0. The summed E-state index contributed by atoms with van der Waals surface area (Å²) >= 11 is 0. The summed E-state index contributed by atoms with van der Waals surface area (Å²) in [6.45, 7) is 7.71. The quantitative estimate of drug-likeness (QED) is 0.663. The third-order valence-electron chi connectivity index (χ3n) is 3.30. The second-order valence-electron chi connectivity index (χ2n) is 6.30. The van der Waals surface area contributed by atoms with Gasteiger partial charge in [-0.1, -0.05) is 0 Å². The van der Waals surface area contributed by atoms with Crippen LogP contribution in [0.5, 0.6) is 0 Å². The van der Waals surface area contributed by atoms with E-state index in [-0.39, 0.29) is 11.8 Å².